The average molecular weight is 279 g/mol. The van der Waals surface area contributed by atoms with E-state index in [0.717, 1.165) is 30.9 Å². The third kappa shape index (κ3) is 6.80. The van der Waals surface area contributed by atoms with E-state index in [1.807, 2.05) is 31.2 Å². The molecule has 0 saturated heterocycles. The molecule has 0 aliphatic carbocycles. The smallest absolute Gasteiger partial charge is 0.123 e. The summed E-state index contributed by atoms with van der Waals surface area (Å²) in [6.07, 6.45) is 2.35. The maximum absolute atomic E-state index is 6.09. The maximum atomic E-state index is 6.09. The molecule has 0 bridgehead atoms. The molecule has 3 nitrogen and oxygen atoms in total. The van der Waals surface area contributed by atoms with E-state index in [9.17, 15) is 0 Å². The molecular weight excluding hydrogens is 250 g/mol. The minimum absolute atomic E-state index is 0.114. The molecule has 0 radical (unpaired) electrons. The zero-order valence-electron chi connectivity index (χ0n) is 13.5. The lowest BCUT2D eigenvalue weighted by Crippen LogP contribution is -2.42. The van der Waals surface area contributed by atoms with Gasteiger partial charge in [-0.3, -0.25) is 0 Å². The fraction of sp³-hybridized carbons (Fsp3) is 0.647. The maximum Gasteiger partial charge on any atom is 0.123 e. The number of ether oxygens (including phenoxy) is 2. The summed E-state index contributed by atoms with van der Waals surface area (Å²) in [5.41, 5.74) is 0.114. The summed E-state index contributed by atoms with van der Waals surface area (Å²) in [5.74, 6) is 1.74. The van der Waals surface area contributed by atoms with E-state index in [-0.39, 0.29) is 11.6 Å². The normalized spacial score (nSPS) is 13.1. The number of nitrogens with one attached hydrogen (secondary N) is 1. The SMILES string of the molecule is CCCC(CNC(C)(C)C)Oc1cccc(OCC)c1. The van der Waals surface area contributed by atoms with Gasteiger partial charge in [0, 0.05) is 18.2 Å². The zero-order chi connectivity index (χ0) is 15.0. The van der Waals surface area contributed by atoms with Gasteiger partial charge in [0.2, 0.25) is 0 Å². The van der Waals surface area contributed by atoms with Crippen molar-refractivity contribution in [2.75, 3.05) is 13.2 Å². The first-order valence-electron chi connectivity index (χ1n) is 7.59. The van der Waals surface area contributed by atoms with Crippen LogP contribution in [0.15, 0.2) is 24.3 Å². The van der Waals surface area contributed by atoms with Crippen LogP contribution in [0.25, 0.3) is 0 Å². The lowest BCUT2D eigenvalue weighted by Gasteiger charge is -2.26. The van der Waals surface area contributed by atoms with Gasteiger partial charge >= 0.3 is 0 Å². The fourth-order valence-electron chi connectivity index (χ4n) is 1.94. The van der Waals surface area contributed by atoms with Gasteiger partial charge in [-0.25, -0.2) is 0 Å². The van der Waals surface area contributed by atoms with Crippen LogP contribution in [0, 0.1) is 0 Å². The van der Waals surface area contributed by atoms with Crippen LogP contribution < -0.4 is 14.8 Å². The molecule has 0 spiro atoms. The van der Waals surface area contributed by atoms with Crippen molar-refractivity contribution in [3.63, 3.8) is 0 Å². The Balaban J connectivity index is 2.62. The fourth-order valence-corrected chi connectivity index (χ4v) is 1.94. The Morgan fingerprint density at radius 1 is 1.15 bits per heavy atom. The second kappa shape index (κ2) is 8.15. The van der Waals surface area contributed by atoms with Crippen molar-refractivity contribution in [2.45, 2.75) is 59.1 Å². The molecule has 0 aromatic heterocycles. The van der Waals surface area contributed by atoms with E-state index in [1.165, 1.54) is 0 Å². The summed E-state index contributed by atoms with van der Waals surface area (Å²) in [4.78, 5) is 0. The summed E-state index contributed by atoms with van der Waals surface area (Å²) >= 11 is 0. The van der Waals surface area contributed by atoms with Gasteiger partial charge in [0.15, 0.2) is 0 Å². The Kier molecular flexibility index (Phi) is 6.86. The van der Waals surface area contributed by atoms with E-state index < -0.39 is 0 Å². The second-order valence-electron chi connectivity index (χ2n) is 6.07. The first-order valence-corrected chi connectivity index (χ1v) is 7.59. The van der Waals surface area contributed by atoms with Gasteiger partial charge in [-0.15, -0.1) is 0 Å². The van der Waals surface area contributed by atoms with Crippen molar-refractivity contribution in [3.8, 4) is 11.5 Å². The minimum Gasteiger partial charge on any atom is -0.494 e. The van der Waals surface area contributed by atoms with Gasteiger partial charge in [-0.1, -0.05) is 19.4 Å². The predicted molar refractivity (Wildman–Crippen MR) is 84.7 cm³/mol. The number of hydrogen-bond acceptors (Lipinski definition) is 3. The first kappa shape index (κ1) is 16.8. The van der Waals surface area contributed by atoms with Crippen LogP contribution in [0.2, 0.25) is 0 Å². The highest BCUT2D eigenvalue weighted by molar-refractivity contribution is 5.33. The molecule has 20 heavy (non-hydrogen) atoms. The molecule has 114 valence electrons. The van der Waals surface area contributed by atoms with Crippen LogP contribution in [0.4, 0.5) is 0 Å². The van der Waals surface area contributed by atoms with Crippen LogP contribution in [-0.4, -0.2) is 24.8 Å². The lowest BCUT2D eigenvalue weighted by molar-refractivity contribution is 0.174. The summed E-state index contributed by atoms with van der Waals surface area (Å²) in [5, 5.41) is 3.51. The molecule has 1 aromatic rings. The second-order valence-corrected chi connectivity index (χ2v) is 6.07. The third-order valence-electron chi connectivity index (χ3n) is 2.89. The molecule has 1 aromatic carbocycles. The highest BCUT2D eigenvalue weighted by Gasteiger charge is 2.15. The van der Waals surface area contributed by atoms with E-state index in [0.29, 0.717) is 6.61 Å². The summed E-state index contributed by atoms with van der Waals surface area (Å²) in [6.45, 7) is 12.2. The third-order valence-corrected chi connectivity index (χ3v) is 2.89. The van der Waals surface area contributed by atoms with E-state index in [2.05, 4.69) is 33.0 Å². The highest BCUT2D eigenvalue weighted by atomic mass is 16.5. The van der Waals surface area contributed by atoms with Crippen molar-refractivity contribution in [1.82, 2.24) is 5.32 Å². The molecule has 1 N–H and O–H groups in total. The van der Waals surface area contributed by atoms with E-state index >= 15 is 0 Å². The molecule has 0 amide bonds. The van der Waals surface area contributed by atoms with Crippen LogP contribution in [0.1, 0.15) is 47.5 Å². The lowest BCUT2D eigenvalue weighted by atomic mass is 10.1. The number of hydrogen-bond donors (Lipinski definition) is 1. The summed E-state index contributed by atoms with van der Waals surface area (Å²) in [6, 6.07) is 7.88. The highest BCUT2D eigenvalue weighted by Crippen LogP contribution is 2.21. The Morgan fingerprint density at radius 2 is 1.85 bits per heavy atom. The molecular formula is C17H29NO2. The average Bonchev–Trinajstić information content (AvgIpc) is 2.36. The van der Waals surface area contributed by atoms with Gasteiger partial charge in [0.25, 0.3) is 0 Å². The molecule has 1 rings (SSSR count). The van der Waals surface area contributed by atoms with Crippen molar-refractivity contribution in [1.29, 1.82) is 0 Å². The van der Waals surface area contributed by atoms with Crippen LogP contribution in [0.5, 0.6) is 11.5 Å². The molecule has 0 heterocycles. The van der Waals surface area contributed by atoms with Crippen molar-refractivity contribution < 1.29 is 9.47 Å². The van der Waals surface area contributed by atoms with E-state index in [1.54, 1.807) is 0 Å². The molecule has 1 atom stereocenters. The van der Waals surface area contributed by atoms with Gasteiger partial charge in [-0.2, -0.15) is 0 Å². The molecule has 0 saturated carbocycles. The largest absolute Gasteiger partial charge is 0.494 e. The summed E-state index contributed by atoms with van der Waals surface area (Å²) in [7, 11) is 0. The zero-order valence-corrected chi connectivity index (χ0v) is 13.5. The molecule has 0 fully saturated rings. The van der Waals surface area contributed by atoms with Crippen LogP contribution >= 0.6 is 0 Å². The van der Waals surface area contributed by atoms with E-state index in [4.69, 9.17) is 9.47 Å². The number of benzene rings is 1. The van der Waals surface area contributed by atoms with Crippen molar-refractivity contribution >= 4 is 0 Å². The van der Waals surface area contributed by atoms with Gasteiger partial charge in [0.05, 0.1) is 6.61 Å². The molecule has 1 unspecified atom stereocenters. The van der Waals surface area contributed by atoms with Crippen molar-refractivity contribution in [2.24, 2.45) is 0 Å². The number of rotatable bonds is 8. The van der Waals surface area contributed by atoms with Crippen LogP contribution in [0.3, 0.4) is 0 Å². The molecule has 0 aliphatic rings. The topological polar surface area (TPSA) is 30.5 Å². The van der Waals surface area contributed by atoms with Crippen LogP contribution in [-0.2, 0) is 0 Å². The Bertz CT molecular complexity index is 385. The molecule has 0 aliphatic heterocycles. The van der Waals surface area contributed by atoms with Gasteiger partial charge < -0.3 is 14.8 Å². The Hall–Kier alpha value is -1.22. The monoisotopic (exact) mass is 279 g/mol. The molecule has 3 heteroatoms. The Labute approximate surface area is 123 Å². The quantitative estimate of drug-likeness (QED) is 0.779. The van der Waals surface area contributed by atoms with Gasteiger partial charge in [0.1, 0.15) is 17.6 Å². The predicted octanol–water partition coefficient (Wildman–Crippen LogP) is 4.02. The van der Waals surface area contributed by atoms with Crippen molar-refractivity contribution in [3.05, 3.63) is 24.3 Å². The minimum atomic E-state index is 0.114. The first-order chi connectivity index (χ1) is 9.44. The van der Waals surface area contributed by atoms with Gasteiger partial charge in [-0.05, 0) is 46.2 Å². The standard InChI is InChI=1S/C17H29NO2/c1-6-9-16(13-18-17(3,4)5)20-15-11-8-10-14(12-15)19-7-2/h8,10-12,16,18H,6-7,9,13H2,1-5H3. The Morgan fingerprint density at radius 3 is 2.45 bits per heavy atom. The summed E-state index contributed by atoms with van der Waals surface area (Å²) < 4.78 is 11.6.